The topological polar surface area (TPSA) is 133 Å². The van der Waals surface area contributed by atoms with Crippen molar-refractivity contribution in [3.8, 4) is 0 Å². The fourth-order valence-electron chi connectivity index (χ4n) is 3.50. The molecule has 1 saturated carbocycles. The number of nitrogens with zero attached hydrogens (tertiary/aromatic N) is 3. The van der Waals surface area contributed by atoms with Crippen LogP contribution >= 0.6 is 0 Å². The fraction of sp³-hybridized carbons (Fsp3) is 0.440. The number of nitrogens with one attached hydrogen (secondary N) is 2. The van der Waals surface area contributed by atoms with Crippen LogP contribution in [0.15, 0.2) is 48.5 Å². The van der Waals surface area contributed by atoms with E-state index < -0.39 is 17.7 Å². The lowest BCUT2D eigenvalue weighted by Gasteiger charge is -2.24. The molecule has 1 fully saturated rings. The van der Waals surface area contributed by atoms with Crippen molar-refractivity contribution in [2.24, 2.45) is 11.7 Å². The molecule has 2 aromatic heterocycles. The Labute approximate surface area is 204 Å². The average molecular weight is 481 g/mol. The lowest BCUT2D eigenvalue weighted by atomic mass is 10.1. The molecule has 0 aliphatic heterocycles. The van der Waals surface area contributed by atoms with Gasteiger partial charge in [0.1, 0.15) is 12.6 Å². The number of carbonyl (C=O) groups is 2. The molecule has 4 rings (SSSR count). The van der Waals surface area contributed by atoms with Gasteiger partial charge in [-0.15, -0.1) is 10.2 Å². The molecule has 2 heterocycles. The number of ether oxygens (including phenoxy) is 2. The maximum Gasteiger partial charge on any atom is 0.407 e. The molecule has 10 heteroatoms. The first-order valence-corrected chi connectivity index (χ1v) is 11.8. The Balaban J connectivity index is 1.52. The van der Waals surface area contributed by atoms with Gasteiger partial charge in [0.05, 0.1) is 24.4 Å². The Morgan fingerprint density at radius 1 is 1.11 bits per heavy atom. The monoisotopic (exact) mass is 480 g/mol. The minimum absolute atomic E-state index is 0.0206. The van der Waals surface area contributed by atoms with Gasteiger partial charge in [-0.1, -0.05) is 36.4 Å². The van der Waals surface area contributed by atoms with Gasteiger partial charge in [-0.2, -0.15) is 0 Å². The summed E-state index contributed by atoms with van der Waals surface area (Å²) in [5.74, 6) is 0.668. The zero-order chi connectivity index (χ0) is 24.8. The van der Waals surface area contributed by atoms with Crippen LogP contribution in [0.4, 0.5) is 4.79 Å². The van der Waals surface area contributed by atoms with Crippen molar-refractivity contribution >= 4 is 17.6 Å². The minimum Gasteiger partial charge on any atom is -0.443 e. The number of benzene rings is 1. The molecule has 0 saturated heterocycles. The molecule has 2 amide bonds. The maximum atomic E-state index is 12.7. The van der Waals surface area contributed by atoms with Gasteiger partial charge >= 0.3 is 6.09 Å². The van der Waals surface area contributed by atoms with Crippen LogP contribution in [0.25, 0.3) is 5.65 Å². The van der Waals surface area contributed by atoms with E-state index in [1.807, 2.05) is 42.5 Å². The summed E-state index contributed by atoms with van der Waals surface area (Å²) in [7, 11) is 0. The number of rotatable bonds is 11. The van der Waals surface area contributed by atoms with Gasteiger partial charge in [-0.05, 0) is 50.3 Å². The normalized spacial score (nSPS) is 14.5. The second-order valence-corrected chi connectivity index (χ2v) is 9.42. The highest BCUT2D eigenvalue weighted by atomic mass is 16.5. The van der Waals surface area contributed by atoms with Crippen molar-refractivity contribution in [1.82, 2.24) is 25.2 Å². The molecule has 10 nitrogen and oxygen atoms in total. The zero-order valence-corrected chi connectivity index (χ0v) is 20.1. The number of aromatic nitrogens is 3. The van der Waals surface area contributed by atoms with Crippen LogP contribution < -0.4 is 16.4 Å². The Morgan fingerprint density at radius 2 is 1.89 bits per heavy atom. The van der Waals surface area contributed by atoms with Gasteiger partial charge in [0.25, 0.3) is 0 Å². The fourth-order valence-corrected chi connectivity index (χ4v) is 3.50. The molecule has 3 aromatic rings. The first-order chi connectivity index (χ1) is 16.8. The number of amides is 2. The highest BCUT2D eigenvalue weighted by Gasteiger charge is 2.28. The van der Waals surface area contributed by atoms with Crippen molar-refractivity contribution in [3.05, 3.63) is 65.6 Å². The van der Waals surface area contributed by atoms with E-state index in [2.05, 4.69) is 20.8 Å². The molecule has 0 spiro atoms. The molecule has 4 N–H and O–H groups in total. The molecule has 1 atom stereocenters. The number of hydrogen-bond donors (Lipinski definition) is 3. The average Bonchev–Trinajstić information content (AvgIpc) is 3.57. The van der Waals surface area contributed by atoms with Crippen molar-refractivity contribution < 1.29 is 19.1 Å². The molecular formula is C25H32N6O4. The van der Waals surface area contributed by atoms with Crippen molar-refractivity contribution in [2.45, 2.75) is 51.5 Å². The number of carbonyl (C=O) groups excluding carboxylic acids is 2. The summed E-state index contributed by atoms with van der Waals surface area (Å²) in [6.45, 7) is 4.43. The Morgan fingerprint density at radius 3 is 2.60 bits per heavy atom. The summed E-state index contributed by atoms with van der Waals surface area (Å²) in [4.78, 5) is 24.9. The van der Waals surface area contributed by atoms with Gasteiger partial charge in [-0.3, -0.25) is 9.20 Å². The van der Waals surface area contributed by atoms with Gasteiger partial charge in [-0.25, -0.2) is 4.79 Å². The molecule has 1 aliphatic carbocycles. The summed E-state index contributed by atoms with van der Waals surface area (Å²) in [5.41, 5.74) is 7.16. The van der Waals surface area contributed by atoms with E-state index in [0.29, 0.717) is 36.2 Å². The van der Waals surface area contributed by atoms with Gasteiger partial charge in [0, 0.05) is 6.54 Å². The SMILES string of the molecule is CC(C)(N)C(=O)N[C@H](COCc1ccccc1)c1nnc2cccc(COC(=O)NCC3CC3)n12. The minimum atomic E-state index is -1.09. The summed E-state index contributed by atoms with van der Waals surface area (Å²) in [6.07, 6.45) is 1.82. The van der Waals surface area contributed by atoms with Crippen molar-refractivity contribution in [1.29, 1.82) is 0 Å². The Hall–Kier alpha value is -3.50. The lowest BCUT2D eigenvalue weighted by Crippen LogP contribution is -2.51. The quantitative estimate of drug-likeness (QED) is 0.384. The predicted octanol–water partition coefficient (Wildman–Crippen LogP) is 2.48. The van der Waals surface area contributed by atoms with E-state index in [4.69, 9.17) is 15.2 Å². The molecule has 0 radical (unpaired) electrons. The Bertz CT molecular complexity index is 1150. The highest BCUT2D eigenvalue weighted by molar-refractivity contribution is 5.85. The third-order valence-electron chi connectivity index (χ3n) is 5.72. The second kappa shape index (κ2) is 10.8. The molecule has 0 bridgehead atoms. The molecular weight excluding hydrogens is 448 g/mol. The van der Waals surface area contributed by atoms with Crippen LogP contribution in [0.2, 0.25) is 0 Å². The standard InChI is InChI=1S/C25H32N6O4/c1-25(2,26)23(32)28-20(16-34-14-18-7-4-3-5-8-18)22-30-29-21-10-6-9-19(31(21)22)15-35-24(33)27-13-17-11-12-17/h3-10,17,20H,11-16,26H2,1-2H3,(H,27,33)(H,28,32)/t20-/m1/s1. The number of fused-ring (bicyclic) bond motifs is 1. The van der Waals surface area contributed by atoms with Gasteiger partial charge in [0.15, 0.2) is 11.5 Å². The molecule has 0 unspecified atom stereocenters. The van der Waals surface area contributed by atoms with Crippen LogP contribution in [0.5, 0.6) is 0 Å². The van der Waals surface area contributed by atoms with Gasteiger partial charge < -0.3 is 25.8 Å². The third-order valence-corrected chi connectivity index (χ3v) is 5.72. The maximum absolute atomic E-state index is 12.7. The van der Waals surface area contributed by atoms with E-state index in [-0.39, 0.29) is 19.1 Å². The van der Waals surface area contributed by atoms with Crippen LogP contribution in [-0.4, -0.2) is 45.3 Å². The first kappa shape index (κ1) is 24.6. The molecule has 186 valence electrons. The molecule has 1 aromatic carbocycles. The van der Waals surface area contributed by atoms with E-state index in [1.54, 1.807) is 24.3 Å². The van der Waals surface area contributed by atoms with E-state index in [1.165, 1.54) is 0 Å². The smallest absolute Gasteiger partial charge is 0.407 e. The summed E-state index contributed by atoms with van der Waals surface area (Å²) >= 11 is 0. The second-order valence-electron chi connectivity index (χ2n) is 9.42. The van der Waals surface area contributed by atoms with Crippen molar-refractivity contribution in [3.63, 3.8) is 0 Å². The van der Waals surface area contributed by atoms with Crippen LogP contribution in [0.3, 0.4) is 0 Å². The molecule has 35 heavy (non-hydrogen) atoms. The Kier molecular flexibility index (Phi) is 7.62. The summed E-state index contributed by atoms with van der Waals surface area (Å²) < 4.78 is 13.1. The molecule has 1 aliphatic rings. The highest BCUT2D eigenvalue weighted by Crippen LogP contribution is 2.27. The number of pyridine rings is 1. The predicted molar refractivity (Wildman–Crippen MR) is 129 cm³/mol. The number of hydrogen-bond acceptors (Lipinski definition) is 7. The van der Waals surface area contributed by atoms with Crippen molar-refractivity contribution in [2.75, 3.05) is 13.2 Å². The van der Waals surface area contributed by atoms with Gasteiger partial charge in [0.2, 0.25) is 5.91 Å². The summed E-state index contributed by atoms with van der Waals surface area (Å²) in [6, 6.07) is 14.6. The zero-order valence-electron chi connectivity index (χ0n) is 20.1. The number of nitrogens with two attached hydrogens (primary N) is 1. The first-order valence-electron chi connectivity index (χ1n) is 11.8. The van der Waals surface area contributed by atoms with Crippen LogP contribution in [0.1, 0.15) is 49.8 Å². The van der Waals surface area contributed by atoms with E-state index in [0.717, 1.165) is 18.4 Å². The third kappa shape index (κ3) is 6.77. The van der Waals surface area contributed by atoms with Crippen LogP contribution in [-0.2, 0) is 27.5 Å². The lowest BCUT2D eigenvalue weighted by molar-refractivity contribution is -0.126. The van der Waals surface area contributed by atoms with E-state index in [9.17, 15) is 9.59 Å². The summed E-state index contributed by atoms with van der Waals surface area (Å²) in [5, 5.41) is 14.3. The largest absolute Gasteiger partial charge is 0.443 e. The number of alkyl carbamates (subject to hydrolysis) is 1. The van der Waals surface area contributed by atoms with Crippen LogP contribution in [0, 0.1) is 5.92 Å². The van der Waals surface area contributed by atoms with E-state index >= 15 is 0 Å².